The minimum atomic E-state index is -3.83. The Morgan fingerprint density at radius 1 is 0.941 bits per heavy atom. The smallest absolute Gasteiger partial charge is 0.265 e. The van der Waals surface area contributed by atoms with E-state index in [-0.39, 0.29) is 11.4 Å². The van der Waals surface area contributed by atoms with Gasteiger partial charge in [0.15, 0.2) is 0 Å². The molecule has 2 aromatic heterocycles. The van der Waals surface area contributed by atoms with Crippen molar-refractivity contribution < 1.29 is 13.2 Å². The summed E-state index contributed by atoms with van der Waals surface area (Å²) in [5.74, 6) is 0.0519. The second-order valence-corrected chi connectivity index (χ2v) is 10.1. The van der Waals surface area contributed by atoms with Gasteiger partial charge in [-0.15, -0.1) is 0 Å². The Labute approximate surface area is 196 Å². The van der Waals surface area contributed by atoms with Crippen LogP contribution in [0.15, 0.2) is 90.0 Å². The van der Waals surface area contributed by atoms with Crippen molar-refractivity contribution in [2.24, 2.45) is 0 Å². The van der Waals surface area contributed by atoms with Gasteiger partial charge < -0.3 is 5.32 Å². The summed E-state index contributed by atoms with van der Waals surface area (Å²) in [6, 6.07) is 24.0. The molecule has 1 aliphatic heterocycles. The fourth-order valence-corrected chi connectivity index (χ4v) is 6.22. The molecule has 1 N–H and O–H groups in total. The zero-order valence-corrected chi connectivity index (χ0v) is 19.1. The third-order valence-electron chi connectivity index (χ3n) is 6.12. The molecular formula is C26H20N4O3S. The molecule has 8 heteroatoms. The Morgan fingerprint density at radius 2 is 1.71 bits per heavy atom. The maximum atomic E-state index is 13.3. The van der Waals surface area contributed by atoms with Crippen LogP contribution in [0, 0.1) is 6.92 Å². The molecule has 0 saturated heterocycles. The Hall–Kier alpha value is -4.17. The summed E-state index contributed by atoms with van der Waals surface area (Å²) in [5, 5.41) is 4.41. The van der Waals surface area contributed by atoms with E-state index < -0.39 is 15.9 Å². The van der Waals surface area contributed by atoms with Crippen LogP contribution in [0.2, 0.25) is 0 Å². The summed E-state index contributed by atoms with van der Waals surface area (Å²) in [6.45, 7) is 1.61. The lowest BCUT2D eigenvalue weighted by molar-refractivity contribution is -0.114. The number of sulfonamides is 1. The van der Waals surface area contributed by atoms with E-state index in [1.807, 2.05) is 72.1 Å². The van der Waals surface area contributed by atoms with E-state index in [2.05, 4.69) is 5.32 Å². The standard InChI is InChI=1S/C26H20N4O3S/c1-17-8-7-15-29-25(17)28-24(19-9-3-2-4-10-19)26(29)27-22(31)16-30-20-13-5-11-18-12-6-14-21(23(18)20)34(30,32)33/h2-15H,16H2,1H3,(H,27,31). The van der Waals surface area contributed by atoms with E-state index in [4.69, 9.17) is 4.98 Å². The van der Waals surface area contributed by atoms with Crippen LogP contribution < -0.4 is 9.62 Å². The van der Waals surface area contributed by atoms with Gasteiger partial charge in [-0.2, -0.15) is 0 Å². The Morgan fingerprint density at radius 3 is 2.50 bits per heavy atom. The molecule has 0 fully saturated rings. The molecule has 168 valence electrons. The Kier molecular flexibility index (Phi) is 4.46. The third kappa shape index (κ3) is 2.99. The number of carbonyl (C=O) groups excluding carboxylic acids is 1. The molecule has 0 atom stereocenters. The predicted octanol–water partition coefficient (Wildman–Crippen LogP) is 4.61. The van der Waals surface area contributed by atoms with Crippen LogP contribution in [0.4, 0.5) is 11.5 Å². The van der Waals surface area contributed by atoms with E-state index in [0.717, 1.165) is 22.2 Å². The average Bonchev–Trinajstić information content (AvgIpc) is 3.31. The van der Waals surface area contributed by atoms with E-state index in [1.165, 1.54) is 4.31 Å². The molecule has 0 saturated carbocycles. The number of benzene rings is 3. The lowest BCUT2D eigenvalue weighted by Gasteiger charge is -2.18. The van der Waals surface area contributed by atoms with E-state index in [0.29, 0.717) is 22.6 Å². The van der Waals surface area contributed by atoms with Crippen LogP contribution in [0.1, 0.15) is 5.56 Å². The molecular weight excluding hydrogens is 448 g/mol. The van der Waals surface area contributed by atoms with Crippen molar-refractivity contribution in [2.45, 2.75) is 11.8 Å². The SMILES string of the molecule is Cc1cccn2c(NC(=O)CN3c4cccc5cccc(c45)S3(=O)=O)c(-c3ccccc3)nc12. The highest BCUT2D eigenvalue weighted by atomic mass is 32.2. The second-order valence-electron chi connectivity index (χ2n) is 8.25. The molecule has 6 rings (SSSR count). The average molecular weight is 469 g/mol. The molecule has 0 unspecified atom stereocenters. The summed E-state index contributed by atoms with van der Waals surface area (Å²) in [7, 11) is -3.83. The number of hydrogen-bond acceptors (Lipinski definition) is 4. The second kappa shape index (κ2) is 7.43. The first-order chi connectivity index (χ1) is 16.4. The number of imidazole rings is 1. The van der Waals surface area contributed by atoms with Gasteiger partial charge in [-0.05, 0) is 36.1 Å². The number of aromatic nitrogens is 2. The van der Waals surface area contributed by atoms with E-state index in [9.17, 15) is 13.2 Å². The number of nitrogens with one attached hydrogen (secondary N) is 1. The number of nitrogens with zero attached hydrogens (tertiary/aromatic N) is 3. The van der Waals surface area contributed by atoms with Gasteiger partial charge in [0.05, 0.1) is 10.6 Å². The van der Waals surface area contributed by atoms with Crippen molar-refractivity contribution in [3.05, 3.63) is 90.6 Å². The summed E-state index contributed by atoms with van der Waals surface area (Å²) in [4.78, 5) is 18.3. The Balaban J connectivity index is 1.40. The van der Waals surface area contributed by atoms with Crippen molar-refractivity contribution >= 4 is 43.9 Å². The lowest BCUT2D eigenvalue weighted by atomic mass is 10.1. The topological polar surface area (TPSA) is 83.8 Å². The minimum Gasteiger partial charge on any atom is -0.308 e. The molecule has 0 radical (unpaired) electrons. The Bertz CT molecular complexity index is 1700. The number of amides is 1. The maximum Gasteiger partial charge on any atom is 0.265 e. The molecule has 0 aliphatic carbocycles. The summed E-state index contributed by atoms with van der Waals surface area (Å²) in [5.41, 5.74) is 3.68. The van der Waals surface area contributed by atoms with Crippen LogP contribution in [-0.4, -0.2) is 30.3 Å². The quantitative estimate of drug-likeness (QED) is 0.418. The molecule has 0 bridgehead atoms. The molecule has 3 aromatic carbocycles. The number of fused-ring (bicyclic) bond motifs is 1. The van der Waals surface area contributed by atoms with Gasteiger partial charge in [0.25, 0.3) is 10.0 Å². The first-order valence-corrected chi connectivity index (χ1v) is 12.3. The van der Waals surface area contributed by atoms with Crippen LogP contribution in [0.5, 0.6) is 0 Å². The van der Waals surface area contributed by atoms with Crippen LogP contribution in [0.25, 0.3) is 27.7 Å². The van der Waals surface area contributed by atoms with Crippen molar-refractivity contribution in [1.29, 1.82) is 0 Å². The van der Waals surface area contributed by atoms with Crippen molar-refractivity contribution in [3.63, 3.8) is 0 Å². The monoisotopic (exact) mass is 468 g/mol. The molecule has 34 heavy (non-hydrogen) atoms. The fraction of sp³-hybridized carbons (Fsp3) is 0.0769. The van der Waals surface area contributed by atoms with E-state index in [1.54, 1.807) is 24.3 Å². The van der Waals surface area contributed by atoms with Crippen LogP contribution >= 0.6 is 0 Å². The van der Waals surface area contributed by atoms with Gasteiger partial charge in [0.2, 0.25) is 5.91 Å². The van der Waals surface area contributed by atoms with Gasteiger partial charge in [0, 0.05) is 17.1 Å². The van der Waals surface area contributed by atoms with Crippen LogP contribution in [-0.2, 0) is 14.8 Å². The van der Waals surface area contributed by atoms with Crippen molar-refractivity contribution in [3.8, 4) is 11.3 Å². The summed E-state index contributed by atoms with van der Waals surface area (Å²) >= 11 is 0. The highest BCUT2D eigenvalue weighted by Gasteiger charge is 2.36. The zero-order valence-electron chi connectivity index (χ0n) is 18.3. The van der Waals surface area contributed by atoms with Gasteiger partial charge in [-0.25, -0.2) is 13.4 Å². The molecule has 1 amide bonds. The fourth-order valence-electron chi connectivity index (χ4n) is 4.55. The van der Waals surface area contributed by atoms with Crippen molar-refractivity contribution in [1.82, 2.24) is 9.38 Å². The molecule has 1 aliphatic rings. The lowest BCUT2D eigenvalue weighted by Crippen LogP contribution is -2.35. The zero-order chi connectivity index (χ0) is 23.4. The highest BCUT2D eigenvalue weighted by molar-refractivity contribution is 7.93. The normalized spacial score (nSPS) is 14.1. The number of aryl methyl sites for hydroxylation is 1. The molecule has 3 heterocycles. The van der Waals surface area contributed by atoms with Gasteiger partial charge in [0.1, 0.15) is 23.7 Å². The van der Waals surface area contributed by atoms with Gasteiger partial charge >= 0.3 is 0 Å². The number of rotatable bonds is 4. The molecule has 7 nitrogen and oxygen atoms in total. The summed E-state index contributed by atoms with van der Waals surface area (Å²) in [6.07, 6.45) is 1.83. The number of carbonyl (C=O) groups is 1. The first-order valence-electron chi connectivity index (χ1n) is 10.8. The molecule has 5 aromatic rings. The number of anilines is 2. The minimum absolute atomic E-state index is 0.226. The largest absolute Gasteiger partial charge is 0.308 e. The predicted molar refractivity (Wildman–Crippen MR) is 132 cm³/mol. The highest BCUT2D eigenvalue weighted by Crippen LogP contribution is 2.41. The maximum absolute atomic E-state index is 13.3. The van der Waals surface area contributed by atoms with Gasteiger partial charge in [-0.3, -0.25) is 13.5 Å². The third-order valence-corrected chi connectivity index (χ3v) is 7.92. The van der Waals surface area contributed by atoms with Gasteiger partial charge in [-0.1, -0.05) is 60.7 Å². The first kappa shape index (κ1) is 20.4. The number of pyridine rings is 1. The summed E-state index contributed by atoms with van der Waals surface area (Å²) < 4.78 is 29.6. The van der Waals surface area contributed by atoms with Crippen molar-refractivity contribution in [2.75, 3.05) is 16.2 Å². The molecule has 0 spiro atoms. The van der Waals surface area contributed by atoms with Crippen LogP contribution in [0.3, 0.4) is 0 Å². The van der Waals surface area contributed by atoms with E-state index >= 15 is 0 Å². The number of hydrogen-bond donors (Lipinski definition) is 1.